The summed E-state index contributed by atoms with van der Waals surface area (Å²) in [6.45, 7) is 5.43. The number of carbonyl (C=O) groups excluding carboxylic acids is 1. The zero-order valence-electron chi connectivity index (χ0n) is 12.9. The highest BCUT2D eigenvalue weighted by Gasteiger charge is 2.38. The van der Waals surface area contributed by atoms with E-state index in [0.29, 0.717) is 25.8 Å². The van der Waals surface area contributed by atoms with Crippen LogP contribution in [0.1, 0.15) is 40.0 Å². The molecule has 1 heterocycles. The summed E-state index contributed by atoms with van der Waals surface area (Å²) in [4.78, 5) is 14.0. The van der Waals surface area contributed by atoms with E-state index in [1.165, 1.54) is 11.8 Å². The van der Waals surface area contributed by atoms with E-state index in [1.807, 2.05) is 6.92 Å². The van der Waals surface area contributed by atoms with Crippen molar-refractivity contribution in [3.63, 3.8) is 0 Å². The van der Waals surface area contributed by atoms with Crippen LogP contribution in [0.25, 0.3) is 0 Å². The summed E-state index contributed by atoms with van der Waals surface area (Å²) < 4.78 is 47.3. The minimum absolute atomic E-state index is 0.0250. The Morgan fingerprint density at radius 3 is 2.33 bits per heavy atom. The molecule has 0 N–H and O–H groups in total. The van der Waals surface area contributed by atoms with Crippen LogP contribution in [0, 0.1) is 0 Å². The van der Waals surface area contributed by atoms with Gasteiger partial charge in [-0.25, -0.2) is 16.8 Å². The van der Waals surface area contributed by atoms with Gasteiger partial charge in [-0.2, -0.15) is 0 Å². The minimum atomic E-state index is -3.47. The molecule has 0 aromatic rings. The molecule has 1 rings (SSSR count). The highest BCUT2D eigenvalue weighted by atomic mass is 32.2. The first-order valence-electron chi connectivity index (χ1n) is 7.37. The molecule has 1 aliphatic heterocycles. The van der Waals surface area contributed by atoms with Crippen LogP contribution < -0.4 is 0 Å². The van der Waals surface area contributed by atoms with Gasteiger partial charge in [0.15, 0.2) is 19.7 Å². The lowest BCUT2D eigenvalue weighted by Gasteiger charge is -2.30. The van der Waals surface area contributed by atoms with Crippen LogP contribution in [-0.2, 0) is 24.5 Å². The van der Waals surface area contributed by atoms with Gasteiger partial charge in [-0.1, -0.05) is 13.8 Å². The van der Waals surface area contributed by atoms with Crippen LogP contribution in [0.2, 0.25) is 0 Å². The third-order valence-electron chi connectivity index (χ3n) is 3.77. The van der Waals surface area contributed by atoms with Gasteiger partial charge in [0.1, 0.15) is 5.25 Å². The van der Waals surface area contributed by atoms with E-state index in [0.717, 1.165) is 0 Å². The summed E-state index contributed by atoms with van der Waals surface area (Å²) in [7, 11) is -6.58. The maximum absolute atomic E-state index is 12.5. The Balaban J connectivity index is 2.93. The number of rotatable bonds is 7. The number of amides is 1. The molecule has 0 aromatic carbocycles. The number of sulfone groups is 2. The van der Waals surface area contributed by atoms with Crippen LogP contribution in [0.4, 0.5) is 0 Å². The maximum atomic E-state index is 12.5. The predicted molar refractivity (Wildman–Crippen MR) is 82.6 cm³/mol. The van der Waals surface area contributed by atoms with Crippen molar-refractivity contribution in [2.45, 2.75) is 51.3 Å². The van der Waals surface area contributed by atoms with E-state index in [4.69, 9.17) is 0 Å². The van der Waals surface area contributed by atoms with Crippen molar-refractivity contribution in [2.24, 2.45) is 0 Å². The summed E-state index contributed by atoms with van der Waals surface area (Å²) >= 11 is 0. The molecule has 1 fully saturated rings. The third kappa shape index (κ3) is 4.67. The second kappa shape index (κ2) is 7.09. The molecule has 0 bridgehead atoms. The van der Waals surface area contributed by atoms with Crippen molar-refractivity contribution in [1.82, 2.24) is 4.90 Å². The van der Waals surface area contributed by atoms with Crippen molar-refractivity contribution in [2.75, 3.05) is 23.8 Å². The van der Waals surface area contributed by atoms with Crippen LogP contribution in [0.15, 0.2) is 0 Å². The van der Waals surface area contributed by atoms with Gasteiger partial charge in [-0.05, 0) is 26.2 Å². The molecule has 21 heavy (non-hydrogen) atoms. The molecule has 1 saturated heterocycles. The molecule has 0 aliphatic carbocycles. The Hall–Kier alpha value is -0.630. The summed E-state index contributed by atoms with van der Waals surface area (Å²) in [5, 5.41) is -1.10. The van der Waals surface area contributed by atoms with Crippen molar-refractivity contribution in [3.8, 4) is 0 Å². The lowest BCUT2D eigenvalue weighted by atomic mass is 10.2. The molecule has 2 atom stereocenters. The molecule has 8 heteroatoms. The summed E-state index contributed by atoms with van der Waals surface area (Å²) in [5.74, 6) is -0.476. The van der Waals surface area contributed by atoms with Crippen molar-refractivity contribution < 1.29 is 21.6 Å². The summed E-state index contributed by atoms with van der Waals surface area (Å²) in [5.41, 5.74) is 0. The van der Waals surface area contributed by atoms with E-state index >= 15 is 0 Å². The SMILES string of the molecule is CCCN(C(=O)C(C)S(=O)(=O)CCC)C1CCS(=O)(=O)C1. The van der Waals surface area contributed by atoms with Crippen LogP contribution in [-0.4, -0.2) is 62.7 Å². The zero-order chi connectivity index (χ0) is 16.3. The Kier molecular flexibility index (Phi) is 6.22. The van der Waals surface area contributed by atoms with Gasteiger partial charge in [-0.15, -0.1) is 0 Å². The average molecular weight is 339 g/mol. The van der Waals surface area contributed by atoms with Gasteiger partial charge in [-0.3, -0.25) is 4.79 Å². The average Bonchev–Trinajstić information content (AvgIpc) is 2.74. The second-order valence-corrected chi connectivity index (χ2v) is 10.3. The van der Waals surface area contributed by atoms with Gasteiger partial charge in [0.25, 0.3) is 0 Å². The van der Waals surface area contributed by atoms with Crippen LogP contribution in [0.3, 0.4) is 0 Å². The Morgan fingerprint density at radius 2 is 1.90 bits per heavy atom. The number of hydrogen-bond donors (Lipinski definition) is 0. The monoisotopic (exact) mass is 339 g/mol. The van der Waals surface area contributed by atoms with Gasteiger partial charge >= 0.3 is 0 Å². The highest BCUT2D eigenvalue weighted by Crippen LogP contribution is 2.20. The first kappa shape index (κ1) is 18.4. The minimum Gasteiger partial charge on any atom is -0.338 e. The third-order valence-corrected chi connectivity index (χ3v) is 7.78. The van der Waals surface area contributed by atoms with Gasteiger partial charge in [0, 0.05) is 12.6 Å². The predicted octanol–water partition coefficient (Wildman–Crippen LogP) is 0.625. The normalized spacial score (nSPS) is 22.9. The largest absolute Gasteiger partial charge is 0.338 e. The molecule has 0 radical (unpaired) electrons. The molecule has 1 amide bonds. The topological polar surface area (TPSA) is 88.6 Å². The summed E-state index contributed by atoms with van der Waals surface area (Å²) in [6.07, 6.45) is 1.53. The zero-order valence-corrected chi connectivity index (χ0v) is 14.5. The standard InChI is InChI=1S/C13H25NO5S2/c1-4-7-14(12-6-9-20(16,17)10-12)13(15)11(3)21(18,19)8-5-2/h11-12H,4-10H2,1-3H3. The lowest BCUT2D eigenvalue weighted by Crippen LogP contribution is -2.48. The number of hydrogen-bond acceptors (Lipinski definition) is 5. The van der Waals surface area contributed by atoms with E-state index in [2.05, 4.69) is 0 Å². The quantitative estimate of drug-likeness (QED) is 0.678. The molecule has 0 spiro atoms. The van der Waals surface area contributed by atoms with E-state index < -0.39 is 30.8 Å². The Morgan fingerprint density at radius 1 is 1.29 bits per heavy atom. The van der Waals surface area contributed by atoms with Crippen LogP contribution in [0.5, 0.6) is 0 Å². The summed E-state index contributed by atoms with van der Waals surface area (Å²) in [6, 6.07) is -0.387. The molecule has 0 saturated carbocycles. The number of nitrogens with zero attached hydrogens (tertiary/aromatic N) is 1. The smallest absolute Gasteiger partial charge is 0.240 e. The van der Waals surface area contributed by atoms with E-state index in [9.17, 15) is 21.6 Å². The van der Waals surface area contributed by atoms with E-state index in [1.54, 1.807) is 6.92 Å². The van der Waals surface area contributed by atoms with Crippen molar-refractivity contribution in [3.05, 3.63) is 0 Å². The van der Waals surface area contributed by atoms with Crippen molar-refractivity contribution >= 4 is 25.6 Å². The first-order valence-corrected chi connectivity index (χ1v) is 10.9. The first-order chi connectivity index (χ1) is 9.64. The molecular weight excluding hydrogens is 314 g/mol. The second-order valence-electron chi connectivity index (χ2n) is 5.60. The fourth-order valence-corrected chi connectivity index (χ4v) is 5.68. The fraction of sp³-hybridized carbons (Fsp3) is 0.923. The molecule has 0 aromatic heterocycles. The fourth-order valence-electron chi connectivity index (χ4n) is 2.58. The molecular formula is C13H25NO5S2. The Labute approximate surface area is 127 Å². The van der Waals surface area contributed by atoms with Gasteiger partial charge in [0.05, 0.1) is 17.3 Å². The van der Waals surface area contributed by atoms with Crippen LogP contribution >= 0.6 is 0 Å². The molecule has 2 unspecified atom stereocenters. The van der Waals surface area contributed by atoms with E-state index in [-0.39, 0.29) is 23.3 Å². The highest BCUT2D eigenvalue weighted by molar-refractivity contribution is 7.92. The van der Waals surface area contributed by atoms with Gasteiger partial charge < -0.3 is 4.90 Å². The molecule has 124 valence electrons. The van der Waals surface area contributed by atoms with Gasteiger partial charge in [0.2, 0.25) is 5.91 Å². The molecule has 1 aliphatic rings. The maximum Gasteiger partial charge on any atom is 0.240 e. The lowest BCUT2D eigenvalue weighted by molar-refractivity contribution is -0.132. The molecule has 6 nitrogen and oxygen atoms in total. The Bertz CT molecular complexity index is 567. The van der Waals surface area contributed by atoms with Crippen molar-refractivity contribution in [1.29, 1.82) is 0 Å². The number of carbonyl (C=O) groups is 1.